The summed E-state index contributed by atoms with van der Waals surface area (Å²) in [5.74, 6) is 0.838. The highest BCUT2D eigenvalue weighted by molar-refractivity contribution is 6.30. The van der Waals surface area contributed by atoms with Gasteiger partial charge in [-0.1, -0.05) is 55.8 Å². The van der Waals surface area contributed by atoms with Crippen molar-refractivity contribution in [2.24, 2.45) is 0 Å². The number of aliphatic hydroxyl groups excluding tert-OH is 1. The summed E-state index contributed by atoms with van der Waals surface area (Å²) in [4.78, 5) is 8.34. The van der Waals surface area contributed by atoms with Crippen molar-refractivity contribution in [2.75, 3.05) is 11.9 Å². The third-order valence-corrected chi connectivity index (χ3v) is 3.84. The molecule has 2 N–H and O–H groups in total. The van der Waals surface area contributed by atoms with E-state index >= 15 is 0 Å². The van der Waals surface area contributed by atoms with Gasteiger partial charge in [-0.25, -0.2) is 9.97 Å². The van der Waals surface area contributed by atoms with Crippen molar-refractivity contribution in [3.63, 3.8) is 0 Å². The van der Waals surface area contributed by atoms with Crippen LogP contribution in [0.1, 0.15) is 37.8 Å². The summed E-state index contributed by atoms with van der Waals surface area (Å²) >= 11 is 6.19. The standard InChI is InChI=1S/C16H20ClN3O/c1-11(2)13-14(17)18-10-19-15(13)20-16(3,9-21)12-7-5-4-6-8-12/h4-8,10-11,21H,9H2,1-3H3,(H,18,19,20). The molecule has 112 valence electrons. The van der Waals surface area contributed by atoms with Crippen molar-refractivity contribution >= 4 is 17.4 Å². The Bertz CT molecular complexity index is 604. The van der Waals surface area contributed by atoms with Gasteiger partial charge in [0.1, 0.15) is 17.3 Å². The first kappa shape index (κ1) is 15.7. The van der Waals surface area contributed by atoms with Gasteiger partial charge in [-0.3, -0.25) is 0 Å². The van der Waals surface area contributed by atoms with Gasteiger partial charge >= 0.3 is 0 Å². The van der Waals surface area contributed by atoms with Crippen LogP contribution in [0.2, 0.25) is 5.15 Å². The molecule has 2 aromatic rings. The molecule has 1 unspecified atom stereocenters. The number of hydrogen-bond acceptors (Lipinski definition) is 4. The van der Waals surface area contributed by atoms with Gasteiger partial charge in [0.25, 0.3) is 0 Å². The van der Waals surface area contributed by atoms with Crippen LogP contribution in [0.5, 0.6) is 0 Å². The van der Waals surface area contributed by atoms with E-state index in [1.165, 1.54) is 6.33 Å². The average molecular weight is 306 g/mol. The highest BCUT2D eigenvalue weighted by atomic mass is 35.5. The monoisotopic (exact) mass is 305 g/mol. The van der Waals surface area contributed by atoms with E-state index in [4.69, 9.17) is 11.6 Å². The number of hydrogen-bond donors (Lipinski definition) is 2. The van der Waals surface area contributed by atoms with E-state index < -0.39 is 5.54 Å². The second-order valence-electron chi connectivity index (χ2n) is 5.56. The fraction of sp³-hybridized carbons (Fsp3) is 0.375. The van der Waals surface area contributed by atoms with E-state index in [2.05, 4.69) is 15.3 Å². The second-order valence-corrected chi connectivity index (χ2v) is 5.92. The zero-order valence-corrected chi connectivity index (χ0v) is 13.2. The fourth-order valence-corrected chi connectivity index (χ4v) is 2.61. The van der Waals surface area contributed by atoms with E-state index in [0.29, 0.717) is 11.0 Å². The van der Waals surface area contributed by atoms with Gasteiger partial charge in [-0.15, -0.1) is 0 Å². The SMILES string of the molecule is CC(C)c1c(Cl)ncnc1NC(C)(CO)c1ccccc1. The Balaban J connectivity index is 2.42. The van der Waals surface area contributed by atoms with Gasteiger partial charge in [0.15, 0.2) is 0 Å². The minimum Gasteiger partial charge on any atom is -0.394 e. The molecule has 0 saturated heterocycles. The van der Waals surface area contributed by atoms with Crippen LogP contribution in [0.4, 0.5) is 5.82 Å². The molecule has 0 aliphatic heterocycles. The van der Waals surface area contributed by atoms with Crippen LogP contribution >= 0.6 is 11.6 Å². The molecule has 0 aliphatic carbocycles. The first-order valence-electron chi connectivity index (χ1n) is 6.93. The Hall–Kier alpha value is -1.65. The summed E-state index contributed by atoms with van der Waals surface area (Å²) < 4.78 is 0. The van der Waals surface area contributed by atoms with Crippen molar-refractivity contribution < 1.29 is 5.11 Å². The van der Waals surface area contributed by atoms with Crippen molar-refractivity contribution in [3.8, 4) is 0 Å². The highest BCUT2D eigenvalue weighted by Gasteiger charge is 2.28. The summed E-state index contributed by atoms with van der Waals surface area (Å²) in [5, 5.41) is 13.6. The van der Waals surface area contributed by atoms with Crippen LogP contribution in [0.3, 0.4) is 0 Å². The van der Waals surface area contributed by atoms with Crippen molar-refractivity contribution in [1.82, 2.24) is 9.97 Å². The summed E-state index contributed by atoms with van der Waals surface area (Å²) in [6.45, 7) is 5.95. The number of halogens is 1. The van der Waals surface area contributed by atoms with Crippen LogP contribution in [0.15, 0.2) is 36.7 Å². The second kappa shape index (κ2) is 6.41. The normalized spacial score (nSPS) is 14.0. The van der Waals surface area contributed by atoms with Gasteiger partial charge in [-0.05, 0) is 18.4 Å². The number of aromatic nitrogens is 2. The molecular weight excluding hydrogens is 286 g/mol. The lowest BCUT2D eigenvalue weighted by atomic mass is 9.92. The molecule has 0 spiro atoms. The summed E-state index contributed by atoms with van der Waals surface area (Å²) in [6, 6.07) is 9.78. The number of benzene rings is 1. The molecule has 0 aliphatic rings. The van der Waals surface area contributed by atoms with Crippen molar-refractivity contribution in [1.29, 1.82) is 0 Å². The lowest BCUT2D eigenvalue weighted by Gasteiger charge is -2.31. The van der Waals surface area contributed by atoms with E-state index in [1.54, 1.807) is 0 Å². The molecule has 4 nitrogen and oxygen atoms in total. The Labute approximate surface area is 130 Å². The van der Waals surface area contributed by atoms with Crippen LogP contribution in [0.25, 0.3) is 0 Å². The first-order valence-corrected chi connectivity index (χ1v) is 7.30. The predicted octanol–water partition coefficient (Wildman–Crippen LogP) is 3.57. The lowest BCUT2D eigenvalue weighted by molar-refractivity contribution is 0.223. The van der Waals surface area contributed by atoms with Gasteiger partial charge in [-0.2, -0.15) is 0 Å². The maximum absolute atomic E-state index is 9.86. The van der Waals surface area contributed by atoms with Crippen LogP contribution in [0, 0.1) is 0 Å². The number of nitrogens with zero attached hydrogens (tertiary/aromatic N) is 2. The molecule has 1 heterocycles. The van der Waals surface area contributed by atoms with Gasteiger partial charge < -0.3 is 10.4 Å². The number of nitrogens with one attached hydrogen (secondary N) is 1. The molecule has 0 saturated carbocycles. The maximum atomic E-state index is 9.86. The highest BCUT2D eigenvalue weighted by Crippen LogP contribution is 2.32. The van der Waals surface area contributed by atoms with Gasteiger partial charge in [0, 0.05) is 5.56 Å². The van der Waals surface area contributed by atoms with Crippen molar-refractivity contribution in [3.05, 3.63) is 52.9 Å². The van der Waals surface area contributed by atoms with Gasteiger partial charge in [0.05, 0.1) is 12.1 Å². The predicted molar refractivity (Wildman–Crippen MR) is 85.6 cm³/mol. The molecule has 5 heteroatoms. The van der Waals surface area contributed by atoms with E-state index in [-0.39, 0.29) is 12.5 Å². The Morgan fingerprint density at radius 3 is 2.48 bits per heavy atom. The molecule has 0 radical (unpaired) electrons. The Morgan fingerprint density at radius 2 is 1.90 bits per heavy atom. The lowest BCUT2D eigenvalue weighted by Crippen LogP contribution is -2.36. The smallest absolute Gasteiger partial charge is 0.138 e. The minimum absolute atomic E-state index is 0.0594. The summed E-state index contributed by atoms with van der Waals surface area (Å²) in [5.41, 5.74) is 1.20. The van der Waals surface area contributed by atoms with Crippen molar-refractivity contribution in [2.45, 2.75) is 32.2 Å². The molecule has 1 aromatic carbocycles. The average Bonchev–Trinajstić information content (AvgIpc) is 2.47. The van der Waals surface area contributed by atoms with Crippen LogP contribution < -0.4 is 5.32 Å². The molecule has 0 fully saturated rings. The summed E-state index contributed by atoms with van der Waals surface area (Å²) in [6.07, 6.45) is 1.43. The summed E-state index contributed by atoms with van der Waals surface area (Å²) in [7, 11) is 0. The maximum Gasteiger partial charge on any atom is 0.138 e. The minimum atomic E-state index is -0.636. The molecule has 0 bridgehead atoms. The topological polar surface area (TPSA) is 58.0 Å². The van der Waals surface area contributed by atoms with E-state index in [9.17, 15) is 5.11 Å². The van der Waals surface area contributed by atoms with Crippen LogP contribution in [-0.2, 0) is 5.54 Å². The largest absolute Gasteiger partial charge is 0.394 e. The quantitative estimate of drug-likeness (QED) is 0.829. The van der Waals surface area contributed by atoms with E-state index in [1.807, 2.05) is 51.1 Å². The van der Waals surface area contributed by atoms with Gasteiger partial charge in [0.2, 0.25) is 0 Å². The third kappa shape index (κ3) is 3.34. The molecular formula is C16H20ClN3O. The third-order valence-electron chi connectivity index (χ3n) is 3.53. The number of rotatable bonds is 5. The van der Waals surface area contributed by atoms with Crippen LogP contribution in [-0.4, -0.2) is 21.7 Å². The molecule has 0 amide bonds. The molecule has 21 heavy (non-hydrogen) atoms. The fourth-order valence-electron chi connectivity index (χ4n) is 2.26. The van der Waals surface area contributed by atoms with E-state index in [0.717, 1.165) is 11.1 Å². The zero-order valence-electron chi connectivity index (χ0n) is 12.5. The Morgan fingerprint density at radius 1 is 1.24 bits per heavy atom. The Kier molecular flexibility index (Phi) is 4.80. The number of anilines is 1. The first-order chi connectivity index (χ1) is 9.98. The molecule has 1 atom stereocenters. The molecule has 1 aromatic heterocycles. The molecule has 2 rings (SSSR count). The zero-order chi connectivity index (χ0) is 15.5. The number of aliphatic hydroxyl groups is 1.